The van der Waals surface area contributed by atoms with Crippen LogP contribution >= 0.6 is 0 Å². The number of carbonyl (C=O) groups is 1. The average Bonchev–Trinajstić information content (AvgIpc) is 2.42. The van der Waals surface area contributed by atoms with Gasteiger partial charge >= 0.3 is 0 Å². The van der Waals surface area contributed by atoms with Crippen LogP contribution in [0.3, 0.4) is 0 Å². The molecule has 0 radical (unpaired) electrons. The van der Waals surface area contributed by atoms with Crippen molar-refractivity contribution in [2.45, 2.75) is 0 Å². The fourth-order valence-electron chi connectivity index (χ4n) is 1.42. The first-order chi connectivity index (χ1) is 8.70. The van der Waals surface area contributed by atoms with Crippen molar-refractivity contribution < 1.29 is 4.79 Å². The molecular weight excluding hydrogens is 228 g/mol. The Labute approximate surface area is 104 Å². The van der Waals surface area contributed by atoms with Crippen molar-refractivity contribution in [3.63, 3.8) is 0 Å². The Morgan fingerprint density at radius 3 is 2.67 bits per heavy atom. The molecule has 0 fully saturated rings. The molecule has 5 heteroatoms. The molecule has 0 atom stereocenters. The van der Waals surface area contributed by atoms with Gasteiger partial charge in [-0.3, -0.25) is 4.79 Å². The lowest BCUT2D eigenvalue weighted by Crippen LogP contribution is -2.14. The van der Waals surface area contributed by atoms with E-state index in [-0.39, 0.29) is 17.4 Å². The predicted octanol–water partition coefficient (Wildman–Crippen LogP) is 1.79. The maximum atomic E-state index is 11.8. The molecule has 0 bridgehead atoms. The third kappa shape index (κ3) is 2.44. The molecule has 0 saturated heterocycles. The number of nitriles is 1. The van der Waals surface area contributed by atoms with E-state index in [9.17, 15) is 4.79 Å². The quantitative estimate of drug-likeness (QED) is 0.834. The van der Waals surface area contributed by atoms with Gasteiger partial charge in [0.2, 0.25) is 0 Å². The molecule has 0 aliphatic carbocycles. The first-order valence-corrected chi connectivity index (χ1v) is 5.22. The fourth-order valence-corrected chi connectivity index (χ4v) is 1.42. The Hall–Kier alpha value is -2.87. The Balaban J connectivity index is 2.20. The normalized spacial score (nSPS) is 9.50. The molecule has 0 spiro atoms. The third-order valence-electron chi connectivity index (χ3n) is 2.31. The second-order valence-electron chi connectivity index (χ2n) is 3.59. The highest BCUT2D eigenvalue weighted by Crippen LogP contribution is 2.16. The molecule has 0 aliphatic rings. The largest absolute Gasteiger partial charge is 0.396 e. The lowest BCUT2D eigenvalue weighted by atomic mass is 10.2. The molecule has 1 aromatic carbocycles. The summed E-state index contributed by atoms with van der Waals surface area (Å²) in [6.45, 7) is 0. The second-order valence-corrected chi connectivity index (χ2v) is 3.59. The van der Waals surface area contributed by atoms with Gasteiger partial charge in [0.05, 0.1) is 11.3 Å². The number of benzene rings is 1. The summed E-state index contributed by atoms with van der Waals surface area (Å²) in [4.78, 5) is 15.8. The number of carbonyl (C=O) groups excluding carboxylic acids is 1. The van der Waals surface area contributed by atoms with Gasteiger partial charge in [-0.05, 0) is 18.2 Å². The second kappa shape index (κ2) is 4.97. The number of aromatic nitrogens is 1. The van der Waals surface area contributed by atoms with Gasteiger partial charge in [0.25, 0.3) is 5.91 Å². The number of hydrogen-bond donors (Lipinski definition) is 2. The zero-order valence-electron chi connectivity index (χ0n) is 9.42. The van der Waals surface area contributed by atoms with E-state index in [2.05, 4.69) is 10.3 Å². The van der Waals surface area contributed by atoms with Crippen molar-refractivity contribution in [2.24, 2.45) is 0 Å². The summed E-state index contributed by atoms with van der Waals surface area (Å²) in [5.74, 6) is -0.0395. The summed E-state index contributed by atoms with van der Waals surface area (Å²) in [6.07, 6.45) is 1.36. The number of hydrogen-bond acceptors (Lipinski definition) is 4. The van der Waals surface area contributed by atoms with E-state index in [1.165, 1.54) is 12.3 Å². The van der Waals surface area contributed by atoms with Gasteiger partial charge in [0.15, 0.2) is 5.82 Å². The Bertz CT molecular complexity index is 617. The highest BCUT2D eigenvalue weighted by atomic mass is 16.1. The van der Waals surface area contributed by atoms with E-state index in [4.69, 9.17) is 11.0 Å². The lowest BCUT2D eigenvalue weighted by molar-refractivity contribution is 0.102. The number of anilines is 2. The van der Waals surface area contributed by atoms with Crippen LogP contribution in [0.1, 0.15) is 15.9 Å². The lowest BCUT2D eigenvalue weighted by Gasteiger charge is -2.06. The van der Waals surface area contributed by atoms with Crippen molar-refractivity contribution in [1.29, 1.82) is 5.26 Å². The van der Waals surface area contributed by atoms with Gasteiger partial charge < -0.3 is 11.1 Å². The maximum Gasteiger partial charge on any atom is 0.256 e. The molecule has 1 heterocycles. The number of nitrogens with zero attached hydrogens (tertiary/aromatic N) is 2. The number of nitrogen functional groups attached to an aromatic ring is 1. The molecule has 5 nitrogen and oxygen atoms in total. The van der Waals surface area contributed by atoms with Crippen molar-refractivity contribution in [2.75, 3.05) is 11.1 Å². The Morgan fingerprint density at radius 2 is 2.06 bits per heavy atom. The van der Waals surface area contributed by atoms with Gasteiger partial charge in [-0.25, -0.2) is 4.98 Å². The highest BCUT2D eigenvalue weighted by molar-refractivity contribution is 6.05. The van der Waals surface area contributed by atoms with Crippen LogP contribution in [-0.2, 0) is 0 Å². The smallest absolute Gasteiger partial charge is 0.256 e. The number of amides is 1. The molecule has 0 unspecified atom stereocenters. The molecule has 1 amide bonds. The molecule has 18 heavy (non-hydrogen) atoms. The zero-order valence-corrected chi connectivity index (χ0v) is 9.42. The van der Waals surface area contributed by atoms with Gasteiger partial charge in [-0.15, -0.1) is 0 Å². The summed E-state index contributed by atoms with van der Waals surface area (Å²) in [7, 11) is 0. The number of rotatable bonds is 2. The zero-order chi connectivity index (χ0) is 13.0. The van der Waals surface area contributed by atoms with Crippen molar-refractivity contribution >= 4 is 17.4 Å². The minimum atomic E-state index is -0.292. The van der Waals surface area contributed by atoms with Gasteiger partial charge in [0.1, 0.15) is 6.07 Å². The van der Waals surface area contributed by atoms with E-state index >= 15 is 0 Å². The van der Waals surface area contributed by atoms with Crippen molar-refractivity contribution in [3.05, 3.63) is 53.7 Å². The molecular formula is C13H10N4O. The minimum absolute atomic E-state index is 0.253. The predicted molar refractivity (Wildman–Crippen MR) is 67.8 cm³/mol. The van der Waals surface area contributed by atoms with Gasteiger partial charge in [-0.1, -0.05) is 18.2 Å². The molecule has 2 rings (SSSR count). The summed E-state index contributed by atoms with van der Waals surface area (Å²) in [5, 5.41) is 11.3. The van der Waals surface area contributed by atoms with E-state index in [1.807, 2.05) is 12.1 Å². The van der Waals surface area contributed by atoms with E-state index in [0.29, 0.717) is 11.1 Å². The van der Waals surface area contributed by atoms with Crippen LogP contribution in [0.2, 0.25) is 0 Å². The van der Waals surface area contributed by atoms with Crippen LogP contribution in [-0.4, -0.2) is 10.9 Å². The minimum Gasteiger partial charge on any atom is -0.396 e. The SMILES string of the molecule is N#Cc1cnc(NC(=O)c2ccccc2)c(N)c1. The maximum absolute atomic E-state index is 11.8. The topological polar surface area (TPSA) is 91.8 Å². The standard InChI is InChI=1S/C13H10N4O/c14-7-9-6-11(15)12(16-8-9)17-13(18)10-4-2-1-3-5-10/h1-6,8H,15H2,(H,16,17,18). The average molecular weight is 238 g/mol. The van der Waals surface area contributed by atoms with Crippen molar-refractivity contribution in [3.8, 4) is 6.07 Å². The van der Waals surface area contributed by atoms with E-state index in [1.54, 1.807) is 24.3 Å². The molecule has 88 valence electrons. The summed E-state index contributed by atoms with van der Waals surface area (Å²) in [6, 6.07) is 12.1. The van der Waals surface area contributed by atoms with Crippen molar-refractivity contribution in [1.82, 2.24) is 4.98 Å². The number of nitrogens with one attached hydrogen (secondary N) is 1. The first kappa shape index (κ1) is 11.6. The van der Waals surface area contributed by atoms with Gasteiger partial charge in [-0.2, -0.15) is 5.26 Å². The molecule has 2 aromatic rings. The van der Waals surface area contributed by atoms with Crippen LogP contribution in [0.25, 0.3) is 0 Å². The summed E-state index contributed by atoms with van der Waals surface area (Å²) >= 11 is 0. The molecule has 0 aliphatic heterocycles. The fraction of sp³-hybridized carbons (Fsp3) is 0. The van der Waals surface area contributed by atoms with Crippen LogP contribution in [0.15, 0.2) is 42.6 Å². The molecule has 1 aromatic heterocycles. The first-order valence-electron chi connectivity index (χ1n) is 5.22. The highest BCUT2D eigenvalue weighted by Gasteiger charge is 2.08. The van der Waals surface area contributed by atoms with Crippen LogP contribution in [0.5, 0.6) is 0 Å². The number of pyridine rings is 1. The molecule has 0 saturated carbocycles. The number of nitrogens with two attached hydrogens (primary N) is 1. The third-order valence-corrected chi connectivity index (χ3v) is 2.31. The van der Waals surface area contributed by atoms with Crippen LogP contribution in [0.4, 0.5) is 11.5 Å². The van der Waals surface area contributed by atoms with Crippen LogP contribution in [0, 0.1) is 11.3 Å². The summed E-state index contributed by atoms with van der Waals surface area (Å²) in [5.41, 5.74) is 6.83. The van der Waals surface area contributed by atoms with E-state index in [0.717, 1.165) is 0 Å². The molecule has 3 N–H and O–H groups in total. The van der Waals surface area contributed by atoms with Crippen LogP contribution < -0.4 is 11.1 Å². The summed E-state index contributed by atoms with van der Waals surface area (Å²) < 4.78 is 0. The van der Waals surface area contributed by atoms with E-state index < -0.39 is 0 Å². The van der Waals surface area contributed by atoms with Gasteiger partial charge in [0, 0.05) is 11.8 Å². The Morgan fingerprint density at radius 1 is 1.33 bits per heavy atom. The Kier molecular flexibility index (Phi) is 3.21. The monoisotopic (exact) mass is 238 g/mol.